The van der Waals surface area contributed by atoms with Crippen molar-refractivity contribution >= 4 is 46.4 Å². The molecule has 1 N–H and O–H groups in total. The van der Waals surface area contributed by atoms with Gasteiger partial charge in [0.25, 0.3) is 5.91 Å². The second kappa shape index (κ2) is 6.22. The van der Waals surface area contributed by atoms with Crippen LogP contribution in [0.5, 0.6) is 0 Å². The molecule has 1 heterocycles. The minimum absolute atomic E-state index is 0.0765. The molecule has 118 valence electrons. The van der Waals surface area contributed by atoms with Gasteiger partial charge in [-0.05, 0) is 48.9 Å². The smallest absolute Gasteiger partial charge is 0.255 e. The van der Waals surface area contributed by atoms with Gasteiger partial charge in [-0.2, -0.15) is 0 Å². The van der Waals surface area contributed by atoms with E-state index in [1.54, 1.807) is 29.2 Å². The summed E-state index contributed by atoms with van der Waals surface area (Å²) in [5.41, 5.74) is 2.84. The van der Waals surface area contributed by atoms with Crippen LogP contribution in [0.2, 0.25) is 10.0 Å². The zero-order chi connectivity index (χ0) is 16.6. The normalized spacial score (nSPS) is 13.2. The molecule has 0 spiro atoms. The summed E-state index contributed by atoms with van der Waals surface area (Å²) < 4.78 is 0. The molecule has 2 aromatic carbocycles. The van der Waals surface area contributed by atoms with Crippen LogP contribution in [-0.2, 0) is 11.2 Å². The van der Waals surface area contributed by atoms with Gasteiger partial charge in [-0.3, -0.25) is 9.59 Å². The van der Waals surface area contributed by atoms with Crippen molar-refractivity contribution in [2.45, 2.75) is 13.3 Å². The molecule has 2 amide bonds. The lowest BCUT2D eigenvalue weighted by molar-refractivity contribution is -0.117. The van der Waals surface area contributed by atoms with Gasteiger partial charge in [0.15, 0.2) is 0 Å². The number of amides is 2. The zero-order valence-corrected chi connectivity index (χ0v) is 13.9. The molecule has 0 unspecified atom stereocenters. The third-order valence-corrected chi connectivity index (χ3v) is 4.15. The van der Waals surface area contributed by atoms with Crippen molar-refractivity contribution in [3.63, 3.8) is 0 Å². The predicted molar refractivity (Wildman–Crippen MR) is 92.6 cm³/mol. The third-order valence-electron chi connectivity index (χ3n) is 3.71. The van der Waals surface area contributed by atoms with Crippen molar-refractivity contribution in [3.05, 3.63) is 57.6 Å². The average molecular weight is 349 g/mol. The molecule has 0 aliphatic carbocycles. The van der Waals surface area contributed by atoms with E-state index in [1.807, 2.05) is 19.1 Å². The van der Waals surface area contributed by atoms with E-state index in [9.17, 15) is 9.59 Å². The number of carbonyl (C=O) groups is 2. The first-order chi connectivity index (χ1) is 11.0. The second-order valence-corrected chi connectivity index (χ2v) is 6.14. The van der Waals surface area contributed by atoms with E-state index in [1.165, 1.54) is 0 Å². The minimum Gasteiger partial charge on any atom is -0.322 e. The number of hydrogen-bond donors (Lipinski definition) is 1. The number of fused-ring (bicyclic) bond motifs is 1. The number of anilines is 2. The summed E-state index contributed by atoms with van der Waals surface area (Å²) in [4.78, 5) is 25.9. The number of carbonyl (C=O) groups excluding carboxylic acids is 2. The lowest BCUT2D eigenvalue weighted by Crippen LogP contribution is -2.25. The van der Waals surface area contributed by atoms with Gasteiger partial charge in [-0.25, -0.2) is 0 Å². The number of halogens is 2. The van der Waals surface area contributed by atoms with Crippen LogP contribution < -0.4 is 10.2 Å². The van der Waals surface area contributed by atoms with Crippen molar-refractivity contribution in [2.75, 3.05) is 16.8 Å². The van der Waals surface area contributed by atoms with Crippen molar-refractivity contribution < 1.29 is 9.59 Å². The van der Waals surface area contributed by atoms with Crippen molar-refractivity contribution in [2.24, 2.45) is 0 Å². The van der Waals surface area contributed by atoms with E-state index in [0.717, 1.165) is 11.3 Å². The summed E-state index contributed by atoms with van der Waals surface area (Å²) in [5.74, 6) is -0.223. The van der Waals surface area contributed by atoms with E-state index >= 15 is 0 Å². The van der Waals surface area contributed by atoms with E-state index in [2.05, 4.69) is 5.32 Å². The van der Waals surface area contributed by atoms with Crippen molar-refractivity contribution in [1.82, 2.24) is 0 Å². The molecule has 1 aliphatic rings. The molecule has 6 heteroatoms. The summed E-state index contributed by atoms with van der Waals surface area (Å²) in [6, 6.07) is 10.1. The highest BCUT2D eigenvalue weighted by molar-refractivity contribution is 6.35. The number of likely N-dealkylation sites (N-methyl/N-ethyl adjacent to an activating group) is 1. The Bertz CT molecular complexity index is 785. The van der Waals surface area contributed by atoms with Crippen LogP contribution in [0.25, 0.3) is 0 Å². The van der Waals surface area contributed by atoms with Crippen LogP contribution in [0.3, 0.4) is 0 Å². The number of benzene rings is 2. The lowest BCUT2D eigenvalue weighted by Gasteiger charge is -2.15. The topological polar surface area (TPSA) is 49.4 Å². The molecule has 2 aromatic rings. The van der Waals surface area contributed by atoms with Gasteiger partial charge in [0.05, 0.1) is 6.42 Å². The molecule has 0 radical (unpaired) electrons. The highest BCUT2D eigenvalue weighted by Gasteiger charge is 2.26. The Balaban J connectivity index is 1.83. The fraction of sp³-hybridized carbons (Fsp3) is 0.176. The number of nitrogens with one attached hydrogen (secondary N) is 1. The van der Waals surface area contributed by atoms with Gasteiger partial charge in [-0.1, -0.05) is 23.2 Å². The third kappa shape index (κ3) is 3.19. The summed E-state index contributed by atoms with van der Waals surface area (Å²) >= 11 is 11.8. The van der Waals surface area contributed by atoms with Gasteiger partial charge >= 0.3 is 0 Å². The van der Waals surface area contributed by atoms with Crippen molar-refractivity contribution in [3.8, 4) is 0 Å². The van der Waals surface area contributed by atoms with Gasteiger partial charge in [0.1, 0.15) is 0 Å². The molecule has 0 atom stereocenters. The Morgan fingerprint density at radius 3 is 2.52 bits per heavy atom. The van der Waals surface area contributed by atoms with Crippen LogP contribution in [0.15, 0.2) is 36.4 Å². The maximum Gasteiger partial charge on any atom is 0.255 e. The van der Waals surface area contributed by atoms with E-state index in [0.29, 0.717) is 34.3 Å². The molecule has 0 saturated heterocycles. The molecule has 3 rings (SSSR count). The number of nitrogens with zero attached hydrogens (tertiary/aromatic N) is 1. The Morgan fingerprint density at radius 1 is 1.17 bits per heavy atom. The molecule has 1 aliphatic heterocycles. The zero-order valence-electron chi connectivity index (χ0n) is 12.4. The predicted octanol–water partition coefficient (Wildman–Crippen LogP) is 4.15. The Morgan fingerprint density at radius 2 is 1.87 bits per heavy atom. The average Bonchev–Trinajstić information content (AvgIpc) is 2.80. The minimum atomic E-state index is -0.300. The maximum absolute atomic E-state index is 12.3. The van der Waals surface area contributed by atoms with Crippen LogP contribution in [0.1, 0.15) is 22.8 Å². The summed E-state index contributed by atoms with van der Waals surface area (Å²) in [6.45, 7) is 2.57. The van der Waals surface area contributed by atoms with Crippen LogP contribution >= 0.6 is 23.2 Å². The molecule has 0 bridgehead atoms. The molecule has 0 fully saturated rings. The number of hydrogen-bond acceptors (Lipinski definition) is 2. The Kier molecular flexibility index (Phi) is 4.28. The van der Waals surface area contributed by atoms with E-state index < -0.39 is 0 Å². The van der Waals surface area contributed by atoms with Crippen LogP contribution in [0.4, 0.5) is 11.4 Å². The monoisotopic (exact) mass is 348 g/mol. The molecular weight excluding hydrogens is 335 g/mol. The molecule has 4 nitrogen and oxygen atoms in total. The van der Waals surface area contributed by atoms with Crippen molar-refractivity contribution in [1.29, 1.82) is 0 Å². The molecule has 0 saturated carbocycles. The van der Waals surface area contributed by atoms with Crippen LogP contribution in [0, 0.1) is 0 Å². The Hall–Kier alpha value is -2.04. The highest BCUT2D eigenvalue weighted by atomic mass is 35.5. The van der Waals surface area contributed by atoms with Gasteiger partial charge in [-0.15, -0.1) is 0 Å². The van der Waals surface area contributed by atoms with Crippen LogP contribution in [-0.4, -0.2) is 18.4 Å². The number of rotatable bonds is 3. The quantitative estimate of drug-likeness (QED) is 0.905. The first-order valence-electron chi connectivity index (χ1n) is 7.18. The molecular formula is C17H14Cl2N2O2. The summed E-state index contributed by atoms with van der Waals surface area (Å²) in [6.07, 6.45) is 0.357. The molecule has 23 heavy (non-hydrogen) atoms. The standard InChI is InChI=1S/C17H14Cl2N2O2/c1-2-21-15-4-3-14(7-10(15)8-16(21)22)20-17(23)11-5-12(18)9-13(19)6-11/h3-7,9H,2,8H2,1H3,(H,20,23). The SMILES string of the molecule is CCN1C(=O)Cc2cc(NC(=O)c3cc(Cl)cc(Cl)c3)ccc21. The van der Waals surface area contributed by atoms with E-state index in [-0.39, 0.29) is 11.8 Å². The second-order valence-electron chi connectivity index (χ2n) is 5.27. The highest BCUT2D eigenvalue weighted by Crippen LogP contribution is 2.31. The Labute approximate surface area is 144 Å². The fourth-order valence-electron chi connectivity index (χ4n) is 2.70. The van der Waals surface area contributed by atoms with E-state index in [4.69, 9.17) is 23.2 Å². The first kappa shape index (κ1) is 15.8. The van der Waals surface area contributed by atoms with Gasteiger partial charge < -0.3 is 10.2 Å². The maximum atomic E-state index is 12.3. The van der Waals surface area contributed by atoms with Gasteiger partial charge in [0, 0.05) is 33.5 Å². The first-order valence-corrected chi connectivity index (χ1v) is 7.94. The summed E-state index contributed by atoms with van der Waals surface area (Å²) in [7, 11) is 0. The molecule has 0 aromatic heterocycles. The summed E-state index contributed by atoms with van der Waals surface area (Å²) in [5, 5.41) is 3.61. The van der Waals surface area contributed by atoms with Gasteiger partial charge in [0.2, 0.25) is 5.91 Å². The fourth-order valence-corrected chi connectivity index (χ4v) is 3.22. The largest absolute Gasteiger partial charge is 0.322 e. The lowest BCUT2D eigenvalue weighted by atomic mass is 10.1.